The Hall–Kier alpha value is -1.07. The third-order valence-corrected chi connectivity index (χ3v) is 3.33. The summed E-state index contributed by atoms with van der Waals surface area (Å²) >= 11 is 2.23. The van der Waals surface area contributed by atoms with E-state index in [1.807, 2.05) is 49.4 Å². The quantitative estimate of drug-likeness (QED) is 0.860. The molecule has 2 rings (SSSR count). The van der Waals surface area contributed by atoms with E-state index in [2.05, 4.69) is 22.6 Å². The minimum Gasteiger partial charge on any atom is -0.456 e. The van der Waals surface area contributed by atoms with Gasteiger partial charge in [0.15, 0.2) is 0 Å². The van der Waals surface area contributed by atoms with Crippen molar-refractivity contribution in [1.29, 1.82) is 0 Å². The maximum atomic E-state index is 9.31. The summed E-state index contributed by atoms with van der Waals surface area (Å²) in [5.41, 5.74) is 1.92. The van der Waals surface area contributed by atoms with Crippen LogP contribution >= 0.6 is 22.6 Å². The van der Waals surface area contributed by atoms with Crippen molar-refractivity contribution in [2.75, 3.05) is 0 Å². The molecule has 1 N–H and O–H groups in total. The Morgan fingerprint density at radius 1 is 1.12 bits per heavy atom. The van der Waals surface area contributed by atoms with Gasteiger partial charge in [0.1, 0.15) is 11.5 Å². The molecule has 2 aromatic carbocycles. The molecular formula is C14H13IO2. The third kappa shape index (κ3) is 2.98. The number of aliphatic hydroxyl groups excluding tert-OH is 1. The lowest BCUT2D eigenvalue weighted by molar-refractivity contribution is 0.276. The van der Waals surface area contributed by atoms with Gasteiger partial charge in [0, 0.05) is 5.56 Å². The van der Waals surface area contributed by atoms with Crippen LogP contribution < -0.4 is 4.74 Å². The van der Waals surface area contributed by atoms with E-state index in [0.29, 0.717) is 5.75 Å². The van der Waals surface area contributed by atoms with Gasteiger partial charge in [0.2, 0.25) is 0 Å². The molecule has 17 heavy (non-hydrogen) atoms. The maximum Gasteiger partial charge on any atom is 0.140 e. The number of ether oxygens (including phenoxy) is 1. The Morgan fingerprint density at radius 3 is 2.59 bits per heavy atom. The van der Waals surface area contributed by atoms with E-state index >= 15 is 0 Å². The van der Waals surface area contributed by atoms with Crippen molar-refractivity contribution in [3.05, 3.63) is 57.2 Å². The molecule has 0 heterocycles. The van der Waals surface area contributed by atoms with Crippen molar-refractivity contribution in [1.82, 2.24) is 0 Å². The molecule has 0 saturated carbocycles. The van der Waals surface area contributed by atoms with E-state index < -0.39 is 0 Å². The second-order valence-corrected chi connectivity index (χ2v) is 4.96. The number of aryl methyl sites for hydroxylation is 1. The molecule has 0 aliphatic carbocycles. The third-order valence-electron chi connectivity index (χ3n) is 2.44. The highest BCUT2D eigenvalue weighted by atomic mass is 127. The average Bonchev–Trinajstić information content (AvgIpc) is 2.34. The number of halogens is 1. The van der Waals surface area contributed by atoms with E-state index in [4.69, 9.17) is 4.74 Å². The summed E-state index contributed by atoms with van der Waals surface area (Å²) in [6, 6.07) is 13.6. The molecule has 2 aromatic rings. The Bertz CT molecular complexity index is 523. The molecule has 0 radical (unpaired) electrons. The van der Waals surface area contributed by atoms with Crippen molar-refractivity contribution in [3.8, 4) is 11.5 Å². The lowest BCUT2D eigenvalue weighted by Crippen LogP contribution is -1.93. The first-order valence-corrected chi connectivity index (χ1v) is 6.41. The number of rotatable bonds is 3. The molecule has 0 atom stereocenters. The van der Waals surface area contributed by atoms with Gasteiger partial charge < -0.3 is 9.84 Å². The topological polar surface area (TPSA) is 29.5 Å². The van der Waals surface area contributed by atoms with E-state index in [1.165, 1.54) is 0 Å². The summed E-state index contributed by atoms with van der Waals surface area (Å²) in [6.07, 6.45) is 0. The standard InChI is InChI=1S/C14H13IO2/c1-10-6-7-13(11(8-10)9-16)17-14-5-3-2-4-12(14)15/h2-8,16H,9H2,1H3. The SMILES string of the molecule is Cc1ccc(Oc2ccccc2I)c(CO)c1. The first-order valence-electron chi connectivity index (χ1n) is 5.33. The van der Waals surface area contributed by atoms with Crippen LogP contribution in [0.3, 0.4) is 0 Å². The number of aliphatic hydroxyl groups is 1. The molecule has 0 amide bonds. The average molecular weight is 340 g/mol. The van der Waals surface area contributed by atoms with Crippen LogP contribution in [0.15, 0.2) is 42.5 Å². The number of para-hydroxylation sites is 1. The lowest BCUT2D eigenvalue weighted by Gasteiger charge is -2.11. The molecule has 0 aliphatic rings. The Balaban J connectivity index is 2.33. The molecule has 0 unspecified atom stereocenters. The first-order chi connectivity index (χ1) is 8.20. The largest absolute Gasteiger partial charge is 0.456 e. The van der Waals surface area contributed by atoms with Crippen LogP contribution in [0.4, 0.5) is 0 Å². The molecule has 2 nitrogen and oxygen atoms in total. The van der Waals surface area contributed by atoms with Crippen LogP contribution in [0.2, 0.25) is 0 Å². The van der Waals surface area contributed by atoms with Crippen molar-refractivity contribution in [3.63, 3.8) is 0 Å². The predicted molar refractivity (Wildman–Crippen MR) is 76.3 cm³/mol. The molecular weight excluding hydrogens is 327 g/mol. The predicted octanol–water partition coefficient (Wildman–Crippen LogP) is 3.88. The summed E-state index contributed by atoms with van der Waals surface area (Å²) in [6.45, 7) is 1.98. The fourth-order valence-corrected chi connectivity index (χ4v) is 2.07. The van der Waals surface area contributed by atoms with Crippen LogP contribution in [0, 0.1) is 10.5 Å². The van der Waals surface area contributed by atoms with Gasteiger partial charge in [-0.2, -0.15) is 0 Å². The van der Waals surface area contributed by atoms with E-state index in [1.54, 1.807) is 0 Å². The second kappa shape index (κ2) is 5.51. The van der Waals surface area contributed by atoms with Crippen LogP contribution in [0.5, 0.6) is 11.5 Å². The van der Waals surface area contributed by atoms with Gasteiger partial charge in [-0.05, 0) is 47.7 Å². The fraction of sp³-hybridized carbons (Fsp3) is 0.143. The van der Waals surface area contributed by atoms with E-state index in [0.717, 1.165) is 20.4 Å². The zero-order valence-corrected chi connectivity index (χ0v) is 11.6. The van der Waals surface area contributed by atoms with Crippen LogP contribution in [-0.4, -0.2) is 5.11 Å². The highest BCUT2D eigenvalue weighted by Crippen LogP contribution is 2.29. The van der Waals surface area contributed by atoms with Crippen molar-refractivity contribution in [2.24, 2.45) is 0 Å². The van der Waals surface area contributed by atoms with Gasteiger partial charge >= 0.3 is 0 Å². The van der Waals surface area contributed by atoms with E-state index in [-0.39, 0.29) is 6.61 Å². The van der Waals surface area contributed by atoms with Crippen LogP contribution in [0.25, 0.3) is 0 Å². The minimum absolute atomic E-state index is 0.0135. The zero-order valence-electron chi connectivity index (χ0n) is 9.48. The normalized spacial score (nSPS) is 10.3. The van der Waals surface area contributed by atoms with Crippen molar-refractivity contribution < 1.29 is 9.84 Å². The van der Waals surface area contributed by atoms with Gasteiger partial charge in [-0.1, -0.05) is 29.8 Å². The smallest absolute Gasteiger partial charge is 0.140 e. The first kappa shape index (κ1) is 12.4. The highest BCUT2D eigenvalue weighted by Gasteiger charge is 2.06. The Kier molecular flexibility index (Phi) is 4.02. The lowest BCUT2D eigenvalue weighted by atomic mass is 10.1. The zero-order chi connectivity index (χ0) is 12.3. The summed E-state index contributed by atoms with van der Waals surface area (Å²) in [4.78, 5) is 0. The summed E-state index contributed by atoms with van der Waals surface area (Å²) in [5.74, 6) is 1.52. The summed E-state index contributed by atoms with van der Waals surface area (Å²) in [7, 11) is 0. The van der Waals surface area contributed by atoms with Crippen LogP contribution in [0.1, 0.15) is 11.1 Å². The Labute approximate surface area is 114 Å². The molecule has 0 spiro atoms. The minimum atomic E-state index is -0.0135. The van der Waals surface area contributed by atoms with Gasteiger partial charge in [-0.25, -0.2) is 0 Å². The maximum absolute atomic E-state index is 9.31. The van der Waals surface area contributed by atoms with Gasteiger partial charge in [0.25, 0.3) is 0 Å². The molecule has 88 valence electrons. The van der Waals surface area contributed by atoms with E-state index in [9.17, 15) is 5.11 Å². The van der Waals surface area contributed by atoms with Gasteiger partial charge in [-0.15, -0.1) is 0 Å². The van der Waals surface area contributed by atoms with Crippen molar-refractivity contribution in [2.45, 2.75) is 13.5 Å². The molecule has 0 aliphatic heterocycles. The Morgan fingerprint density at radius 2 is 1.88 bits per heavy atom. The van der Waals surface area contributed by atoms with Gasteiger partial charge in [0.05, 0.1) is 10.2 Å². The molecule has 0 aromatic heterocycles. The summed E-state index contributed by atoms with van der Waals surface area (Å²) in [5, 5.41) is 9.31. The van der Waals surface area contributed by atoms with Gasteiger partial charge in [-0.3, -0.25) is 0 Å². The monoisotopic (exact) mass is 340 g/mol. The molecule has 0 fully saturated rings. The summed E-state index contributed by atoms with van der Waals surface area (Å²) < 4.78 is 6.87. The molecule has 3 heteroatoms. The van der Waals surface area contributed by atoms with Crippen molar-refractivity contribution >= 4 is 22.6 Å². The number of benzene rings is 2. The highest BCUT2D eigenvalue weighted by molar-refractivity contribution is 14.1. The van der Waals surface area contributed by atoms with Crippen LogP contribution in [-0.2, 0) is 6.61 Å². The molecule has 0 bridgehead atoms. The number of hydrogen-bond donors (Lipinski definition) is 1. The molecule has 0 saturated heterocycles. The fourth-order valence-electron chi connectivity index (χ4n) is 1.58. The second-order valence-electron chi connectivity index (χ2n) is 3.80. The number of hydrogen-bond acceptors (Lipinski definition) is 2.